The maximum Gasteiger partial charge on any atom is 0.0723 e. The first-order valence-electron chi connectivity index (χ1n) is 4.88. The molecule has 78 valence electrons. The van der Waals surface area contributed by atoms with Gasteiger partial charge in [0.05, 0.1) is 11.9 Å². The molecule has 2 N–H and O–H groups in total. The molecule has 0 radical (unpaired) electrons. The molecular formula is C11H14N4. The van der Waals surface area contributed by atoms with E-state index in [0.29, 0.717) is 6.54 Å². The molecule has 0 amide bonds. The highest BCUT2D eigenvalue weighted by Crippen LogP contribution is 2.14. The second-order valence-electron chi connectivity index (χ2n) is 3.62. The van der Waals surface area contributed by atoms with Crippen LogP contribution in [0.15, 0.2) is 24.7 Å². The van der Waals surface area contributed by atoms with E-state index in [1.807, 2.05) is 43.2 Å². The highest BCUT2D eigenvalue weighted by Gasteiger charge is 2.05. The van der Waals surface area contributed by atoms with Gasteiger partial charge in [0, 0.05) is 30.2 Å². The van der Waals surface area contributed by atoms with E-state index in [4.69, 9.17) is 5.73 Å². The molecule has 0 spiro atoms. The predicted molar refractivity (Wildman–Crippen MR) is 58.7 cm³/mol. The summed E-state index contributed by atoms with van der Waals surface area (Å²) in [6, 6.07) is 1.99. The second-order valence-corrected chi connectivity index (χ2v) is 3.62. The molecule has 4 heteroatoms. The van der Waals surface area contributed by atoms with Crippen LogP contribution in [0.5, 0.6) is 0 Å². The molecule has 0 saturated carbocycles. The summed E-state index contributed by atoms with van der Waals surface area (Å²) in [7, 11) is 0. The Balaban J connectivity index is 2.55. The number of hydrogen-bond acceptors (Lipinski definition) is 3. The van der Waals surface area contributed by atoms with Crippen molar-refractivity contribution in [1.82, 2.24) is 14.8 Å². The van der Waals surface area contributed by atoms with Crippen molar-refractivity contribution in [3.05, 3.63) is 41.5 Å². The van der Waals surface area contributed by atoms with Crippen LogP contribution < -0.4 is 5.73 Å². The molecule has 15 heavy (non-hydrogen) atoms. The summed E-state index contributed by atoms with van der Waals surface area (Å²) in [5.41, 5.74) is 9.78. The molecule has 0 aliphatic rings. The SMILES string of the molecule is Cc1cnn(-c2cc(C)ncc2CN)c1. The molecule has 0 aromatic carbocycles. The predicted octanol–water partition coefficient (Wildman–Crippen LogP) is 1.34. The molecule has 0 fully saturated rings. The summed E-state index contributed by atoms with van der Waals surface area (Å²) in [6.45, 7) is 4.45. The van der Waals surface area contributed by atoms with Crippen LogP contribution >= 0.6 is 0 Å². The largest absolute Gasteiger partial charge is 0.326 e. The van der Waals surface area contributed by atoms with Crippen molar-refractivity contribution >= 4 is 0 Å². The fraction of sp³-hybridized carbons (Fsp3) is 0.273. The van der Waals surface area contributed by atoms with Crippen LogP contribution in [0.25, 0.3) is 5.69 Å². The Morgan fingerprint density at radius 1 is 1.33 bits per heavy atom. The first-order valence-corrected chi connectivity index (χ1v) is 4.88. The monoisotopic (exact) mass is 202 g/mol. The Morgan fingerprint density at radius 3 is 2.73 bits per heavy atom. The van der Waals surface area contributed by atoms with Gasteiger partial charge in [-0.25, -0.2) is 4.68 Å². The second kappa shape index (κ2) is 3.82. The van der Waals surface area contributed by atoms with Crippen LogP contribution in [0.2, 0.25) is 0 Å². The molecule has 2 heterocycles. The third-order valence-electron chi connectivity index (χ3n) is 2.28. The van der Waals surface area contributed by atoms with Crippen molar-refractivity contribution in [2.45, 2.75) is 20.4 Å². The first-order chi connectivity index (χ1) is 7.20. The summed E-state index contributed by atoms with van der Waals surface area (Å²) >= 11 is 0. The number of hydrogen-bond donors (Lipinski definition) is 1. The molecule has 4 nitrogen and oxygen atoms in total. The van der Waals surface area contributed by atoms with Gasteiger partial charge >= 0.3 is 0 Å². The van der Waals surface area contributed by atoms with Gasteiger partial charge in [-0.1, -0.05) is 0 Å². The lowest BCUT2D eigenvalue weighted by Gasteiger charge is -2.07. The molecule has 2 aromatic heterocycles. The normalized spacial score (nSPS) is 10.6. The lowest BCUT2D eigenvalue weighted by Crippen LogP contribution is -2.06. The van der Waals surface area contributed by atoms with Gasteiger partial charge in [-0.05, 0) is 25.5 Å². The molecule has 0 aliphatic carbocycles. The third-order valence-corrected chi connectivity index (χ3v) is 2.28. The van der Waals surface area contributed by atoms with Crippen LogP contribution in [0.3, 0.4) is 0 Å². The summed E-state index contributed by atoms with van der Waals surface area (Å²) in [4.78, 5) is 4.22. The number of pyridine rings is 1. The van der Waals surface area contributed by atoms with Crippen LogP contribution in [0.4, 0.5) is 0 Å². The number of aromatic nitrogens is 3. The van der Waals surface area contributed by atoms with Gasteiger partial charge in [0.2, 0.25) is 0 Å². The van der Waals surface area contributed by atoms with Gasteiger partial charge < -0.3 is 5.73 Å². The van der Waals surface area contributed by atoms with Crippen LogP contribution in [-0.4, -0.2) is 14.8 Å². The highest BCUT2D eigenvalue weighted by molar-refractivity contribution is 5.40. The first kappa shape index (κ1) is 9.86. The van der Waals surface area contributed by atoms with Crippen molar-refractivity contribution in [2.75, 3.05) is 0 Å². The van der Waals surface area contributed by atoms with E-state index in [0.717, 1.165) is 22.5 Å². The van der Waals surface area contributed by atoms with Crippen LogP contribution in [0.1, 0.15) is 16.8 Å². The van der Waals surface area contributed by atoms with E-state index in [-0.39, 0.29) is 0 Å². The smallest absolute Gasteiger partial charge is 0.0723 e. The molecule has 0 saturated heterocycles. The number of rotatable bonds is 2. The Labute approximate surface area is 88.8 Å². The molecule has 0 bridgehead atoms. The van der Waals surface area contributed by atoms with Gasteiger partial charge in [0.15, 0.2) is 0 Å². The van der Waals surface area contributed by atoms with E-state index in [1.165, 1.54) is 0 Å². The maximum atomic E-state index is 5.66. The Hall–Kier alpha value is -1.68. The molecule has 0 aliphatic heterocycles. The molecule has 2 aromatic rings. The quantitative estimate of drug-likeness (QED) is 0.799. The third kappa shape index (κ3) is 1.89. The summed E-state index contributed by atoms with van der Waals surface area (Å²) in [5, 5.41) is 4.27. The van der Waals surface area contributed by atoms with Crippen LogP contribution in [-0.2, 0) is 6.54 Å². The lowest BCUT2D eigenvalue weighted by molar-refractivity contribution is 0.849. The maximum absolute atomic E-state index is 5.66. The zero-order valence-corrected chi connectivity index (χ0v) is 8.94. The summed E-state index contributed by atoms with van der Waals surface area (Å²) in [6.07, 6.45) is 5.62. The van der Waals surface area contributed by atoms with Crippen molar-refractivity contribution in [1.29, 1.82) is 0 Å². The summed E-state index contributed by atoms with van der Waals surface area (Å²) in [5.74, 6) is 0. The number of nitrogens with zero attached hydrogens (tertiary/aromatic N) is 3. The van der Waals surface area contributed by atoms with Gasteiger partial charge in [0.1, 0.15) is 0 Å². The van der Waals surface area contributed by atoms with Gasteiger partial charge in [-0.2, -0.15) is 5.10 Å². The van der Waals surface area contributed by atoms with E-state index in [2.05, 4.69) is 10.1 Å². The molecule has 0 atom stereocenters. The topological polar surface area (TPSA) is 56.7 Å². The minimum atomic E-state index is 0.474. The van der Waals surface area contributed by atoms with Crippen molar-refractivity contribution < 1.29 is 0 Å². The Bertz CT molecular complexity index is 473. The van der Waals surface area contributed by atoms with Crippen molar-refractivity contribution in [3.8, 4) is 5.69 Å². The van der Waals surface area contributed by atoms with Crippen molar-refractivity contribution in [3.63, 3.8) is 0 Å². The van der Waals surface area contributed by atoms with E-state index >= 15 is 0 Å². The van der Waals surface area contributed by atoms with E-state index in [9.17, 15) is 0 Å². The summed E-state index contributed by atoms with van der Waals surface area (Å²) < 4.78 is 1.84. The standard InChI is InChI=1S/C11H14N4/c1-8-5-14-15(7-8)11-3-9(2)13-6-10(11)4-12/h3,5-7H,4,12H2,1-2H3. The van der Waals surface area contributed by atoms with Crippen molar-refractivity contribution in [2.24, 2.45) is 5.73 Å². The average molecular weight is 202 g/mol. The lowest BCUT2D eigenvalue weighted by atomic mass is 10.2. The number of nitrogens with two attached hydrogens (primary N) is 1. The Kier molecular flexibility index (Phi) is 2.51. The zero-order valence-electron chi connectivity index (χ0n) is 8.94. The minimum absolute atomic E-state index is 0.474. The minimum Gasteiger partial charge on any atom is -0.326 e. The fourth-order valence-corrected chi connectivity index (χ4v) is 1.49. The molecule has 0 unspecified atom stereocenters. The molecular weight excluding hydrogens is 188 g/mol. The van der Waals surface area contributed by atoms with Gasteiger partial charge in [-0.3, -0.25) is 4.98 Å². The highest BCUT2D eigenvalue weighted by atomic mass is 15.3. The van der Waals surface area contributed by atoms with Gasteiger partial charge in [-0.15, -0.1) is 0 Å². The average Bonchev–Trinajstić information content (AvgIpc) is 2.65. The van der Waals surface area contributed by atoms with Gasteiger partial charge in [0.25, 0.3) is 0 Å². The zero-order chi connectivity index (χ0) is 10.8. The van der Waals surface area contributed by atoms with E-state index < -0.39 is 0 Å². The number of aryl methyl sites for hydroxylation is 2. The molecule has 2 rings (SSSR count). The van der Waals surface area contributed by atoms with Crippen LogP contribution in [0, 0.1) is 13.8 Å². The van der Waals surface area contributed by atoms with E-state index in [1.54, 1.807) is 0 Å². The Morgan fingerprint density at radius 2 is 2.13 bits per heavy atom. The fourth-order valence-electron chi connectivity index (χ4n) is 1.49.